The number of benzene rings is 2. The third kappa shape index (κ3) is 10.8. The van der Waals surface area contributed by atoms with Gasteiger partial charge in [0.15, 0.2) is 0 Å². The number of fused-ring (bicyclic) bond motifs is 1. The fourth-order valence-corrected chi connectivity index (χ4v) is 3.52. The number of hydrogen-bond donors (Lipinski definition) is 3. The van der Waals surface area contributed by atoms with E-state index < -0.39 is 0 Å². The van der Waals surface area contributed by atoms with Crippen LogP contribution in [0.25, 0.3) is 10.8 Å². The summed E-state index contributed by atoms with van der Waals surface area (Å²) in [5.41, 5.74) is 6.98. The molecule has 1 fully saturated rings. The Labute approximate surface area is 200 Å². The maximum atomic E-state index is 11.5. The van der Waals surface area contributed by atoms with E-state index in [0.717, 1.165) is 5.57 Å². The quantitative estimate of drug-likeness (QED) is 0.341. The Hall–Kier alpha value is -3.11. The Kier molecular flexibility index (Phi) is 13.2. The van der Waals surface area contributed by atoms with E-state index in [1.165, 1.54) is 29.0 Å². The maximum Gasteiger partial charge on any atom is 0.220 e. The van der Waals surface area contributed by atoms with Gasteiger partial charge < -0.3 is 16.4 Å². The van der Waals surface area contributed by atoms with E-state index in [2.05, 4.69) is 91.1 Å². The van der Waals surface area contributed by atoms with E-state index >= 15 is 0 Å². The van der Waals surface area contributed by atoms with Gasteiger partial charge in [-0.2, -0.15) is 0 Å². The summed E-state index contributed by atoms with van der Waals surface area (Å²) >= 11 is 0. The van der Waals surface area contributed by atoms with Gasteiger partial charge in [0.25, 0.3) is 0 Å². The maximum absolute atomic E-state index is 11.5. The van der Waals surface area contributed by atoms with Gasteiger partial charge in [-0.1, -0.05) is 85.5 Å². The van der Waals surface area contributed by atoms with Gasteiger partial charge in [0, 0.05) is 19.0 Å². The molecule has 1 aliphatic carbocycles. The molecule has 2 aromatic carbocycles. The number of allylic oxidation sites excluding steroid dienone is 4. The minimum atomic E-state index is 0.156. The summed E-state index contributed by atoms with van der Waals surface area (Å²) in [5, 5.41) is 8.81. The number of nitrogens with two attached hydrogens (primary N) is 1. The van der Waals surface area contributed by atoms with Crippen LogP contribution in [-0.4, -0.2) is 19.5 Å². The van der Waals surface area contributed by atoms with Crippen LogP contribution in [0.3, 0.4) is 0 Å². The topological polar surface area (TPSA) is 67.2 Å². The highest BCUT2D eigenvalue weighted by atomic mass is 16.1. The van der Waals surface area contributed by atoms with Crippen molar-refractivity contribution in [1.82, 2.24) is 10.6 Å². The van der Waals surface area contributed by atoms with E-state index in [0.29, 0.717) is 30.8 Å². The molecule has 0 aromatic heterocycles. The van der Waals surface area contributed by atoms with Gasteiger partial charge in [-0.05, 0) is 68.6 Å². The van der Waals surface area contributed by atoms with Crippen LogP contribution in [-0.2, 0) is 4.79 Å². The highest BCUT2D eigenvalue weighted by Crippen LogP contribution is 2.42. The molecule has 1 aliphatic rings. The molecule has 0 heterocycles. The molecule has 33 heavy (non-hydrogen) atoms. The summed E-state index contributed by atoms with van der Waals surface area (Å²) < 4.78 is 0. The van der Waals surface area contributed by atoms with Crippen molar-refractivity contribution in [3.63, 3.8) is 0 Å². The molecular formula is C29H41N3O. The van der Waals surface area contributed by atoms with Gasteiger partial charge in [0.1, 0.15) is 0 Å². The molecule has 0 radical (unpaired) electrons. The summed E-state index contributed by atoms with van der Waals surface area (Å²) in [4.78, 5) is 11.5. The molecule has 4 heteroatoms. The second-order valence-corrected chi connectivity index (χ2v) is 8.26. The van der Waals surface area contributed by atoms with Crippen LogP contribution in [0.2, 0.25) is 0 Å². The first-order chi connectivity index (χ1) is 15.9. The van der Waals surface area contributed by atoms with Gasteiger partial charge >= 0.3 is 0 Å². The Bertz CT molecular complexity index is 940. The second-order valence-electron chi connectivity index (χ2n) is 8.26. The lowest BCUT2D eigenvalue weighted by atomic mass is 10.00. The molecule has 0 bridgehead atoms. The Morgan fingerprint density at radius 2 is 1.91 bits per heavy atom. The summed E-state index contributed by atoms with van der Waals surface area (Å²) in [7, 11) is 1.99. The van der Waals surface area contributed by atoms with Crippen LogP contribution >= 0.6 is 0 Å². The standard InChI is InChI=1S/C14H21NO.C13H15N.C2H5N/c1-4-6-12-9-13(12)10-14(16)15-8-5-7-11(2)3;1-10(14-2)12-9-5-7-11-6-3-4-8-13(11)12;1-2-3/h4-7,12-13H,2,8-10H2,1,3H3,(H,15,16);3-10,14H,1-2H3;2H,1,3H2/b6-4?,7-5+;;. The highest BCUT2D eigenvalue weighted by molar-refractivity contribution is 5.86. The van der Waals surface area contributed by atoms with Gasteiger partial charge in [-0.25, -0.2) is 0 Å². The van der Waals surface area contributed by atoms with Crippen molar-refractivity contribution in [1.29, 1.82) is 0 Å². The van der Waals surface area contributed by atoms with Crippen molar-refractivity contribution in [2.24, 2.45) is 17.6 Å². The van der Waals surface area contributed by atoms with Crippen molar-refractivity contribution in [3.05, 3.63) is 97.3 Å². The van der Waals surface area contributed by atoms with Crippen LogP contribution in [0.1, 0.15) is 45.2 Å². The molecule has 3 atom stereocenters. The molecule has 4 N–H and O–H groups in total. The van der Waals surface area contributed by atoms with Gasteiger partial charge in [-0.15, -0.1) is 0 Å². The summed E-state index contributed by atoms with van der Waals surface area (Å²) in [5.74, 6) is 1.37. The molecule has 0 saturated heterocycles. The molecular weight excluding hydrogens is 406 g/mol. The largest absolute Gasteiger partial charge is 0.405 e. The number of carbonyl (C=O) groups is 1. The van der Waals surface area contributed by atoms with Crippen molar-refractivity contribution in [3.8, 4) is 0 Å². The van der Waals surface area contributed by atoms with Crippen LogP contribution < -0.4 is 16.4 Å². The van der Waals surface area contributed by atoms with Crippen LogP contribution in [0.5, 0.6) is 0 Å². The molecule has 1 amide bonds. The normalized spacial score (nSPS) is 17.5. The molecule has 1 saturated carbocycles. The smallest absolute Gasteiger partial charge is 0.220 e. The first-order valence-corrected chi connectivity index (χ1v) is 11.6. The minimum absolute atomic E-state index is 0.156. The molecule has 178 valence electrons. The third-order valence-corrected chi connectivity index (χ3v) is 5.41. The monoisotopic (exact) mass is 447 g/mol. The molecule has 0 aliphatic heterocycles. The van der Waals surface area contributed by atoms with Crippen molar-refractivity contribution < 1.29 is 4.79 Å². The molecule has 0 spiro atoms. The molecule has 3 unspecified atom stereocenters. The second kappa shape index (κ2) is 15.7. The van der Waals surface area contributed by atoms with E-state index in [9.17, 15) is 4.79 Å². The zero-order valence-electron chi connectivity index (χ0n) is 20.7. The van der Waals surface area contributed by atoms with Crippen LogP contribution in [0, 0.1) is 11.8 Å². The lowest BCUT2D eigenvalue weighted by Gasteiger charge is -2.13. The predicted molar refractivity (Wildman–Crippen MR) is 144 cm³/mol. The average molecular weight is 448 g/mol. The Balaban J connectivity index is 0.000000297. The van der Waals surface area contributed by atoms with Crippen molar-refractivity contribution in [2.45, 2.75) is 39.7 Å². The summed E-state index contributed by atoms with van der Waals surface area (Å²) in [6, 6.07) is 15.4. The van der Waals surface area contributed by atoms with E-state index in [1.807, 2.05) is 33.0 Å². The SMILES string of the molecule is C=C(C)/C=C/CNC(=O)CC1CC1C=CC.C=CN.CNC(C)c1cccc2ccccc12. The zero-order valence-corrected chi connectivity index (χ0v) is 20.7. The molecule has 3 rings (SSSR count). The summed E-state index contributed by atoms with van der Waals surface area (Å²) in [6.45, 7) is 13.6. The Morgan fingerprint density at radius 3 is 2.55 bits per heavy atom. The summed E-state index contributed by atoms with van der Waals surface area (Å²) in [6.07, 6.45) is 11.2. The van der Waals surface area contributed by atoms with E-state index in [1.54, 1.807) is 0 Å². The first kappa shape index (κ1) is 27.9. The van der Waals surface area contributed by atoms with E-state index in [-0.39, 0.29) is 5.91 Å². The Morgan fingerprint density at radius 1 is 1.24 bits per heavy atom. The first-order valence-electron chi connectivity index (χ1n) is 11.6. The van der Waals surface area contributed by atoms with Crippen molar-refractivity contribution >= 4 is 16.7 Å². The van der Waals surface area contributed by atoms with E-state index in [4.69, 9.17) is 0 Å². The van der Waals surface area contributed by atoms with Crippen molar-refractivity contribution in [2.75, 3.05) is 13.6 Å². The lowest BCUT2D eigenvalue weighted by Crippen LogP contribution is -2.23. The third-order valence-electron chi connectivity index (χ3n) is 5.41. The zero-order chi connectivity index (χ0) is 24.6. The molecule has 4 nitrogen and oxygen atoms in total. The highest BCUT2D eigenvalue weighted by Gasteiger charge is 2.35. The average Bonchev–Trinajstić information content (AvgIpc) is 3.54. The number of amides is 1. The van der Waals surface area contributed by atoms with Crippen LogP contribution in [0.4, 0.5) is 0 Å². The number of carbonyl (C=O) groups excluding carboxylic acids is 1. The fraction of sp³-hybridized carbons (Fsp3) is 0.345. The van der Waals surface area contributed by atoms with Gasteiger partial charge in [-0.3, -0.25) is 4.79 Å². The van der Waals surface area contributed by atoms with Gasteiger partial charge in [0.05, 0.1) is 0 Å². The molecule has 2 aromatic rings. The van der Waals surface area contributed by atoms with Crippen LogP contribution in [0.15, 0.2) is 91.7 Å². The number of rotatable bonds is 8. The fourth-order valence-electron chi connectivity index (χ4n) is 3.52. The predicted octanol–water partition coefficient (Wildman–Crippen LogP) is 6.05. The minimum Gasteiger partial charge on any atom is -0.405 e. The lowest BCUT2D eigenvalue weighted by molar-refractivity contribution is -0.121. The number of hydrogen-bond acceptors (Lipinski definition) is 3. The number of nitrogens with one attached hydrogen (secondary N) is 2. The van der Waals surface area contributed by atoms with Gasteiger partial charge in [0.2, 0.25) is 5.91 Å².